The van der Waals surface area contributed by atoms with Crippen LogP contribution in [-0.4, -0.2) is 102 Å². The van der Waals surface area contributed by atoms with Crippen molar-refractivity contribution >= 4 is 83.8 Å². The van der Waals surface area contributed by atoms with Crippen molar-refractivity contribution in [2.24, 2.45) is 0 Å². The molecule has 0 atom stereocenters. The number of aryl methyl sites for hydroxylation is 1. The van der Waals surface area contributed by atoms with E-state index in [4.69, 9.17) is 55.6 Å². The monoisotopic (exact) mass is 639 g/mol. The number of aromatic nitrogens is 2. The second-order valence-corrected chi connectivity index (χ2v) is 14.3. The highest BCUT2D eigenvalue weighted by Gasteiger charge is 2.50. The maximum atomic E-state index is 13.0. The lowest BCUT2D eigenvalue weighted by Gasteiger charge is -2.51. The maximum Gasteiger partial charge on any atom is 0.229 e. The van der Waals surface area contributed by atoms with E-state index in [9.17, 15) is 18.6 Å². The third-order valence-corrected chi connectivity index (χ3v) is 10.2. The summed E-state index contributed by atoms with van der Waals surface area (Å²) < 4.78 is 31.9. The Kier molecular flexibility index (Phi) is 10.4. The van der Waals surface area contributed by atoms with E-state index >= 15 is 0 Å². The number of ether oxygens (including phenoxy) is 1. The van der Waals surface area contributed by atoms with Crippen molar-refractivity contribution in [2.75, 3.05) is 23.7 Å². The first-order chi connectivity index (χ1) is 20.8. The van der Waals surface area contributed by atoms with Crippen LogP contribution in [0.15, 0.2) is 47.5 Å². The van der Waals surface area contributed by atoms with Crippen LogP contribution < -0.4 is 20.7 Å². The molecule has 0 bridgehead atoms. The van der Waals surface area contributed by atoms with Gasteiger partial charge in [0.15, 0.2) is 15.7 Å². The Morgan fingerprint density at radius 1 is 1.02 bits per heavy atom. The summed E-state index contributed by atoms with van der Waals surface area (Å²) in [6.07, 6.45) is 3.01. The molecule has 3 aromatic rings. The molecule has 2 aromatic carbocycles. The van der Waals surface area contributed by atoms with Gasteiger partial charge in [-0.1, -0.05) is 23.7 Å². The average Bonchev–Trinajstić information content (AvgIpc) is 2.95. The normalized spacial score (nSPS) is 15.2. The predicted molar refractivity (Wildman–Crippen MR) is 180 cm³/mol. The maximum absolute atomic E-state index is 13.0. The zero-order valence-corrected chi connectivity index (χ0v) is 26.8. The first-order valence-electron chi connectivity index (χ1n) is 14.2. The molecule has 0 unspecified atom stereocenters. The Bertz CT molecular complexity index is 1630. The van der Waals surface area contributed by atoms with Crippen molar-refractivity contribution in [3.05, 3.63) is 58.7 Å². The van der Waals surface area contributed by atoms with E-state index < -0.39 is 31.4 Å². The molecule has 0 amide bonds. The lowest BCUT2D eigenvalue weighted by Crippen LogP contribution is -2.73. The SMILES string of the molecule is [B]C([B])(O)C([B])(Oc1cc(C2CCNCC2)c(C)cc1Nc1ncc(Cl)c(Nc2ccccc2S(=O)(=O)C(C)C)n1)C([B])([B])O. The fourth-order valence-corrected chi connectivity index (χ4v) is 6.29. The number of sulfone groups is 1. The van der Waals surface area contributed by atoms with Gasteiger partial charge in [0.1, 0.15) is 50.0 Å². The zero-order chi connectivity index (χ0) is 33.4. The Labute approximate surface area is 275 Å². The van der Waals surface area contributed by atoms with Crippen LogP contribution in [0.1, 0.15) is 43.7 Å². The topological polar surface area (TPSA) is 146 Å². The van der Waals surface area contributed by atoms with E-state index in [0.717, 1.165) is 37.1 Å². The molecule has 10 radical (unpaired) electrons. The van der Waals surface area contributed by atoms with Gasteiger partial charge in [-0.3, -0.25) is 0 Å². The summed E-state index contributed by atoms with van der Waals surface area (Å²) in [6, 6.07) is 9.80. The Balaban J connectivity index is 1.77. The molecule has 4 rings (SSSR count). The number of hydrogen-bond acceptors (Lipinski definition) is 10. The summed E-state index contributed by atoms with van der Waals surface area (Å²) in [5.41, 5.74) is -0.518. The van der Waals surface area contributed by atoms with Crippen LogP contribution in [0.5, 0.6) is 5.75 Å². The Hall–Kier alpha value is -2.64. The third kappa shape index (κ3) is 7.51. The third-order valence-electron chi connectivity index (χ3n) is 7.67. The van der Waals surface area contributed by atoms with E-state index in [0.29, 0.717) is 0 Å². The van der Waals surface area contributed by atoms with Crippen LogP contribution in [0.4, 0.5) is 23.1 Å². The van der Waals surface area contributed by atoms with Gasteiger partial charge in [0.05, 0.1) is 33.2 Å². The summed E-state index contributed by atoms with van der Waals surface area (Å²) in [5.74, 6) is 0.250. The van der Waals surface area contributed by atoms with Crippen molar-refractivity contribution in [2.45, 2.75) is 66.0 Å². The van der Waals surface area contributed by atoms with Crippen molar-refractivity contribution in [3.8, 4) is 5.75 Å². The minimum absolute atomic E-state index is 0.0131. The quantitative estimate of drug-likeness (QED) is 0.197. The van der Waals surface area contributed by atoms with E-state index in [1.54, 1.807) is 44.2 Å². The van der Waals surface area contributed by atoms with E-state index in [1.165, 1.54) is 12.3 Å². The number of nitrogens with zero attached hydrogens (tertiary/aromatic N) is 2. The smallest absolute Gasteiger partial charge is 0.229 e. The fraction of sp³-hybridized carbons (Fsp3) is 0.429. The molecule has 1 fully saturated rings. The lowest BCUT2D eigenvalue weighted by molar-refractivity contribution is -0.0482. The van der Waals surface area contributed by atoms with Gasteiger partial charge in [-0.05, 0) is 88.0 Å². The molecular formula is C28H31B5ClN5O5S. The molecule has 1 aliphatic heterocycles. The number of anilines is 4. The summed E-state index contributed by atoms with van der Waals surface area (Å²) in [5, 5.41) is 23.9. The molecule has 17 heteroatoms. The minimum Gasteiger partial charge on any atom is -0.493 e. The first-order valence-corrected chi connectivity index (χ1v) is 16.1. The lowest BCUT2D eigenvalue weighted by atomic mass is 9.37. The van der Waals surface area contributed by atoms with Crippen LogP contribution >= 0.6 is 11.6 Å². The van der Waals surface area contributed by atoms with Gasteiger partial charge in [0, 0.05) is 10.8 Å². The number of para-hydroxylation sites is 1. The number of benzene rings is 2. The van der Waals surface area contributed by atoms with Crippen LogP contribution in [-0.2, 0) is 9.84 Å². The van der Waals surface area contributed by atoms with Gasteiger partial charge in [-0.2, -0.15) is 4.98 Å². The van der Waals surface area contributed by atoms with Crippen LogP contribution in [0.2, 0.25) is 5.02 Å². The van der Waals surface area contributed by atoms with Crippen LogP contribution in [0.25, 0.3) is 0 Å². The molecule has 10 nitrogen and oxygen atoms in total. The summed E-state index contributed by atoms with van der Waals surface area (Å²) in [4.78, 5) is 8.78. The van der Waals surface area contributed by atoms with Crippen LogP contribution in [0.3, 0.4) is 0 Å². The van der Waals surface area contributed by atoms with E-state index in [1.807, 2.05) is 6.92 Å². The van der Waals surface area contributed by atoms with Gasteiger partial charge in [-0.15, -0.1) is 0 Å². The Morgan fingerprint density at radius 2 is 1.64 bits per heavy atom. The molecule has 226 valence electrons. The van der Waals surface area contributed by atoms with Gasteiger partial charge in [-0.25, -0.2) is 13.4 Å². The molecule has 1 aliphatic rings. The number of rotatable bonds is 11. The molecule has 0 spiro atoms. The highest BCUT2D eigenvalue weighted by molar-refractivity contribution is 7.92. The van der Waals surface area contributed by atoms with Crippen molar-refractivity contribution in [3.63, 3.8) is 0 Å². The number of nitrogens with one attached hydrogen (secondary N) is 3. The standard InChI is InChI=1S/C28H31B5ClN5O5S/c1-15(2)45(42,43)23-7-5-4-6-20(23)37-24-19(34)14-36-25(39-24)38-21-12-16(3)18(17-8-10-35-11-9-17)13-22(21)44-26(29,27(30,31)40)28(32,33)41/h4-7,12-15,17,35,40-41H,8-11H2,1-3H3,(H2,36,37,38,39). The fourth-order valence-electron chi connectivity index (χ4n) is 4.95. The summed E-state index contributed by atoms with van der Waals surface area (Å²) >= 11 is 6.41. The molecule has 5 N–H and O–H groups in total. The molecule has 1 aromatic heterocycles. The van der Waals surface area contributed by atoms with Gasteiger partial charge >= 0.3 is 0 Å². The highest BCUT2D eigenvalue weighted by Crippen LogP contribution is 2.40. The number of aliphatic hydroxyl groups is 2. The second kappa shape index (κ2) is 13.2. The second-order valence-electron chi connectivity index (χ2n) is 11.4. The largest absolute Gasteiger partial charge is 0.493 e. The van der Waals surface area contributed by atoms with Gasteiger partial charge in [0.2, 0.25) is 5.95 Å². The summed E-state index contributed by atoms with van der Waals surface area (Å²) in [7, 11) is 25.2. The molecule has 1 saturated heterocycles. The van der Waals surface area contributed by atoms with Crippen LogP contribution in [0, 0.1) is 6.92 Å². The number of halogens is 1. The molecule has 45 heavy (non-hydrogen) atoms. The molecular weight excluding hydrogens is 608 g/mol. The highest BCUT2D eigenvalue weighted by atomic mass is 35.5. The van der Waals surface area contributed by atoms with Gasteiger partial charge in [0.25, 0.3) is 0 Å². The molecule has 0 saturated carbocycles. The minimum atomic E-state index is -3.64. The van der Waals surface area contributed by atoms with Crippen molar-refractivity contribution in [1.82, 2.24) is 15.3 Å². The predicted octanol–water partition coefficient (Wildman–Crippen LogP) is 1.78. The van der Waals surface area contributed by atoms with Crippen molar-refractivity contribution in [1.29, 1.82) is 0 Å². The average molecular weight is 639 g/mol. The molecule has 0 aliphatic carbocycles. The summed E-state index contributed by atoms with van der Waals surface area (Å²) in [6.45, 7) is 6.72. The molecule has 2 heterocycles. The van der Waals surface area contributed by atoms with E-state index in [2.05, 4.69) is 25.9 Å². The zero-order valence-electron chi connectivity index (χ0n) is 25.2. The van der Waals surface area contributed by atoms with Gasteiger partial charge < -0.3 is 30.9 Å². The van der Waals surface area contributed by atoms with E-state index in [-0.39, 0.29) is 44.7 Å². The van der Waals surface area contributed by atoms with Crippen molar-refractivity contribution < 1.29 is 23.4 Å². The number of hydrogen-bond donors (Lipinski definition) is 5. The first kappa shape index (κ1) is 35.2. The number of piperidine rings is 1. The Morgan fingerprint density at radius 3 is 2.24 bits per heavy atom.